The van der Waals surface area contributed by atoms with E-state index in [0.29, 0.717) is 30.8 Å². The number of nitro groups is 2. The number of Topliss-reactive ketones (excluding diaryl/α,β-unsaturated/α-hetero) is 2. The Kier molecular flexibility index (Phi) is 26.6. The lowest BCUT2D eigenvalue weighted by molar-refractivity contribution is -0.386. The van der Waals surface area contributed by atoms with Crippen LogP contribution in [0.4, 0.5) is 21.0 Å². The zero-order valence-electron chi connectivity index (χ0n) is 46.8. The standard InChI is InChI=1S/C29H38N2O8.C21H29ClN2O7.C8H10O/c1-6-30(18-36-15-14-23-10-8-7-9-11-23)29(33)37-17-24-12-13-26(25(16-24)31(34)35)38-28-21(4)19(2)20(3)27(39-28)22(5)32;1-6-23(11-22)21(26)29-10-16-7-8-18(17(9-16)24(27)28)30-20-14(4)12(2)13(3)19(31-20)15(5)25;9-7-6-8-4-2-1-3-5-8/h7-13,16,19-21,27-28H,6,14-15,17-18H2,1-5H3;7-9,12-14,19-20H,6,10-11H2,1-5H3;1-5,9H,6-7H2/t19-,20?,21-,27?,28?;12-,13?,14-,19?,20?;/m00./s1. The fourth-order valence-corrected chi connectivity index (χ4v) is 9.09. The van der Waals surface area contributed by atoms with Crippen LogP contribution in [-0.2, 0) is 59.3 Å². The smallest absolute Gasteiger partial charge is 0.411 e. The minimum atomic E-state index is -0.813. The molecule has 0 aliphatic carbocycles. The predicted molar refractivity (Wildman–Crippen MR) is 295 cm³/mol. The number of carbonyl (C=O) groups is 4. The number of rotatable bonds is 22. The van der Waals surface area contributed by atoms with Crippen molar-refractivity contribution < 1.29 is 67.3 Å². The molecule has 0 saturated carbocycles. The van der Waals surface area contributed by atoms with Crippen LogP contribution in [0.5, 0.6) is 11.5 Å². The molecule has 10 atom stereocenters. The Morgan fingerprint density at radius 2 is 0.987 bits per heavy atom. The Bertz CT molecular complexity index is 2590. The van der Waals surface area contributed by atoms with E-state index in [1.807, 2.05) is 109 Å². The highest BCUT2D eigenvalue weighted by atomic mass is 35.5. The van der Waals surface area contributed by atoms with E-state index in [9.17, 15) is 39.4 Å². The molecule has 432 valence electrons. The number of carbonyl (C=O) groups excluding carboxylic acids is 4. The molecule has 2 aliphatic heterocycles. The molecule has 1 N–H and O–H groups in total. The SMILES string of the molecule is CCN(CCl)C(=O)OCc1ccc(OC2OC(C(C)=O)C(C)[C@H](C)[C@@H]2C)c([N+](=O)[O-])c1.CCN(COCCc1ccccc1)C(=O)OCc1ccc(OC2OC(C(C)=O)C(C)[C@H](C)[C@@H]2C)c([N+](=O)[O-])c1.OCCc1ccccc1. The maximum absolute atomic E-state index is 12.6. The molecule has 0 aromatic heterocycles. The third-order valence-corrected chi connectivity index (χ3v) is 14.7. The molecule has 2 amide bonds. The molecule has 20 nitrogen and oxygen atoms in total. The molecule has 4 aromatic rings. The highest BCUT2D eigenvalue weighted by Crippen LogP contribution is 2.40. The second-order valence-corrected chi connectivity index (χ2v) is 20.0. The van der Waals surface area contributed by atoms with E-state index in [1.165, 1.54) is 53.5 Å². The average Bonchev–Trinajstić information content (AvgIpc) is 3.53. The molecular formula is C58H77ClN4O16. The molecule has 79 heavy (non-hydrogen) atoms. The normalized spacial score (nSPS) is 22.3. The summed E-state index contributed by atoms with van der Waals surface area (Å²) in [4.78, 5) is 73.5. The van der Waals surface area contributed by atoms with Crippen LogP contribution in [0.25, 0.3) is 0 Å². The van der Waals surface area contributed by atoms with Gasteiger partial charge in [0.2, 0.25) is 12.6 Å². The van der Waals surface area contributed by atoms with Crippen molar-refractivity contribution in [2.75, 3.05) is 39.0 Å². The monoisotopic (exact) mass is 1120 g/mol. The lowest BCUT2D eigenvalue weighted by Crippen LogP contribution is -2.49. The molecule has 0 bridgehead atoms. The number of alkyl halides is 1. The van der Waals surface area contributed by atoms with E-state index in [1.54, 1.807) is 19.1 Å². The maximum Gasteiger partial charge on any atom is 0.411 e. The first-order valence-corrected chi connectivity index (χ1v) is 27.0. The van der Waals surface area contributed by atoms with Gasteiger partial charge in [-0.15, -0.1) is 11.6 Å². The third-order valence-electron chi connectivity index (χ3n) is 14.4. The van der Waals surface area contributed by atoms with Gasteiger partial charge in [-0.05, 0) is 98.6 Å². The van der Waals surface area contributed by atoms with Gasteiger partial charge in [0.1, 0.15) is 32.2 Å². The molecule has 2 fully saturated rings. The number of amides is 2. The van der Waals surface area contributed by atoms with Crippen LogP contribution < -0.4 is 9.47 Å². The number of aliphatic hydroxyl groups is 1. The zero-order valence-corrected chi connectivity index (χ0v) is 47.6. The van der Waals surface area contributed by atoms with Crippen molar-refractivity contribution in [2.24, 2.45) is 35.5 Å². The topological polar surface area (TPSA) is 246 Å². The molecular weight excluding hydrogens is 1040 g/mol. The number of halogens is 1. The van der Waals surface area contributed by atoms with Crippen LogP contribution >= 0.6 is 11.6 Å². The van der Waals surface area contributed by atoms with Crippen molar-refractivity contribution in [3.05, 3.63) is 140 Å². The van der Waals surface area contributed by atoms with Gasteiger partial charge in [-0.1, -0.05) is 114 Å². The first-order chi connectivity index (χ1) is 37.6. The molecule has 2 aliphatic rings. The van der Waals surface area contributed by atoms with Crippen LogP contribution in [0, 0.1) is 55.7 Å². The molecule has 0 spiro atoms. The van der Waals surface area contributed by atoms with Gasteiger partial charge in [0.15, 0.2) is 23.1 Å². The Hall–Kier alpha value is -6.71. The number of ketones is 2. The Balaban J connectivity index is 0.000000299. The quantitative estimate of drug-likeness (QED) is 0.0192. The van der Waals surface area contributed by atoms with Crippen molar-refractivity contribution in [2.45, 2.75) is 120 Å². The summed E-state index contributed by atoms with van der Waals surface area (Å²) < 4.78 is 39.7. The van der Waals surface area contributed by atoms with Gasteiger partial charge < -0.3 is 38.3 Å². The van der Waals surface area contributed by atoms with Crippen LogP contribution in [0.15, 0.2) is 97.1 Å². The van der Waals surface area contributed by atoms with Crippen molar-refractivity contribution in [1.82, 2.24) is 9.80 Å². The van der Waals surface area contributed by atoms with Crippen LogP contribution in [0.3, 0.4) is 0 Å². The highest BCUT2D eigenvalue weighted by Gasteiger charge is 2.44. The minimum Gasteiger partial charge on any atom is -0.457 e. The molecule has 6 unspecified atom stereocenters. The first-order valence-electron chi connectivity index (χ1n) is 26.5. The third kappa shape index (κ3) is 19.3. The number of nitrogens with zero attached hydrogens (tertiary/aromatic N) is 4. The lowest BCUT2D eigenvalue weighted by Gasteiger charge is -2.42. The molecule has 2 heterocycles. The van der Waals surface area contributed by atoms with E-state index in [0.717, 1.165) is 18.4 Å². The van der Waals surface area contributed by atoms with E-state index in [4.69, 9.17) is 49.9 Å². The number of aliphatic hydroxyl groups excluding tert-OH is 1. The van der Waals surface area contributed by atoms with Crippen LogP contribution in [-0.4, -0.2) is 112 Å². The lowest BCUT2D eigenvalue weighted by atomic mass is 9.78. The van der Waals surface area contributed by atoms with E-state index >= 15 is 0 Å². The van der Waals surface area contributed by atoms with Crippen molar-refractivity contribution >= 4 is 46.7 Å². The largest absolute Gasteiger partial charge is 0.457 e. The van der Waals surface area contributed by atoms with E-state index < -0.39 is 46.8 Å². The summed E-state index contributed by atoms with van der Waals surface area (Å²) in [6.07, 6.45) is -2.58. The van der Waals surface area contributed by atoms with Gasteiger partial charge in [-0.25, -0.2) is 9.59 Å². The Morgan fingerprint density at radius 1 is 0.582 bits per heavy atom. The fourth-order valence-electron chi connectivity index (χ4n) is 8.82. The average molecular weight is 1120 g/mol. The first kappa shape index (κ1) is 64.8. The summed E-state index contributed by atoms with van der Waals surface area (Å²) in [6.45, 7) is 19.5. The summed E-state index contributed by atoms with van der Waals surface area (Å²) in [7, 11) is 0. The van der Waals surface area contributed by atoms with Gasteiger partial charge in [0.25, 0.3) is 0 Å². The molecule has 6 rings (SSSR count). The number of ether oxygens (including phenoxy) is 7. The van der Waals surface area contributed by atoms with Crippen molar-refractivity contribution in [3.63, 3.8) is 0 Å². The van der Waals surface area contributed by atoms with E-state index in [2.05, 4.69) is 0 Å². The maximum atomic E-state index is 12.6. The van der Waals surface area contributed by atoms with Crippen LogP contribution in [0.2, 0.25) is 0 Å². The number of hydrogen-bond acceptors (Lipinski definition) is 16. The Labute approximate surface area is 467 Å². The summed E-state index contributed by atoms with van der Waals surface area (Å²) in [5, 5.41) is 32.0. The number of benzene rings is 4. The second kappa shape index (κ2) is 32.4. The van der Waals surface area contributed by atoms with Crippen LogP contribution in [0.1, 0.15) is 91.5 Å². The highest BCUT2D eigenvalue weighted by molar-refractivity contribution is 6.18. The van der Waals surface area contributed by atoms with Gasteiger partial charge in [0.05, 0.1) is 22.5 Å². The molecule has 21 heteroatoms. The summed E-state index contributed by atoms with van der Waals surface area (Å²) >= 11 is 5.67. The number of nitro benzene ring substituents is 2. The molecule has 2 saturated heterocycles. The fraction of sp³-hybridized carbons (Fsp3) is 0.517. The van der Waals surface area contributed by atoms with Gasteiger partial charge >= 0.3 is 23.6 Å². The summed E-state index contributed by atoms with van der Waals surface area (Å²) in [6, 6.07) is 28.5. The van der Waals surface area contributed by atoms with Gasteiger partial charge in [-0.2, -0.15) is 0 Å². The number of hydrogen-bond donors (Lipinski definition) is 1. The minimum absolute atomic E-state index is 0.00125. The summed E-state index contributed by atoms with van der Waals surface area (Å²) in [5.41, 5.74) is 2.65. The zero-order chi connectivity index (χ0) is 58.3. The van der Waals surface area contributed by atoms with Crippen molar-refractivity contribution in [1.29, 1.82) is 0 Å². The summed E-state index contributed by atoms with van der Waals surface area (Å²) in [5.74, 6) is -0.0969. The van der Waals surface area contributed by atoms with E-state index in [-0.39, 0.29) is 103 Å². The second-order valence-electron chi connectivity index (χ2n) is 19.8. The molecule has 0 radical (unpaired) electrons. The predicted octanol–water partition coefficient (Wildman–Crippen LogP) is 10.9. The Morgan fingerprint density at radius 3 is 1.35 bits per heavy atom. The van der Waals surface area contributed by atoms with Gasteiger partial charge in [0, 0.05) is 43.7 Å². The van der Waals surface area contributed by atoms with Crippen molar-refractivity contribution in [3.8, 4) is 11.5 Å². The molecule has 4 aromatic carbocycles. The van der Waals surface area contributed by atoms with Gasteiger partial charge in [-0.3, -0.25) is 39.6 Å².